The molecule has 26 heavy (non-hydrogen) atoms. The molecule has 2 heterocycles. The summed E-state index contributed by atoms with van der Waals surface area (Å²) in [6, 6.07) is 6.14. The van der Waals surface area contributed by atoms with Crippen LogP contribution in [0.3, 0.4) is 0 Å². The topological polar surface area (TPSA) is 81.5 Å². The number of rotatable bonds is 5. The minimum atomic E-state index is -3.26. The van der Waals surface area contributed by atoms with Gasteiger partial charge in [0.15, 0.2) is 9.84 Å². The third kappa shape index (κ3) is 3.81. The lowest BCUT2D eigenvalue weighted by molar-refractivity contribution is -0.0228. The van der Waals surface area contributed by atoms with E-state index in [4.69, 9.17) is 4.74 Å². The molecule has 3 rings (SSSR count). The van der Waals surface area contributed by atoms with Crippen molar-refractivity contribution in [2.75, 3.05) is 25.4 Å². The molecule has 1 aromatic carbocycles. The fraction of sp³-hybridized carbons (Fsp3) is 0.444. The Morgan fingerprint density at radius 1 is 1.27 bits per heavy atom. The number of benzene rings is 1. The molecule has 1 amide bonds. The Bertz CT molecular complexity index is 874. The van der Waals surface area contributed by atoms with Crippen LogP contribution in [0, 0.1) is 0 Å². The Morgan fingerprint density at radius 3 is 2.62 bits per heavy atom. The van der Waals surface area contributed by atoms with Gasteiger partial charge in [0, 0.05) is 30.4 Å². The number of aromatic nitrogens is 2. The molecule has 0 radical (unpaired) electrons. The highest BCUT2D eigenvalue weighted by molar-refractivity contribution is 7.91. The molecule has 0 spiro atoms. The van der Waals surface area contributed by atoms with Crippen LogP contribution in [-0.4, -0.2) is 54.5 Å². The monoisotopic (exact) mass is 377 g/mol. The van der Waals surface area contributed by atoms with Gasteiger partial charge in [0.05, 0.1) is 30.0 Å². The molecule has 7 nitrogen and oxygen atoms in total. The maximum atomic E-state index is 12.8. The molecule has 1 fully saturated rings. The molecule has 2 aromatic rings. The average molecular weight is 377 g/mol. The van der Waals surface area contributed by atoms with E-state index >= 15 is 0 Å². The average Bonchev–Trinajstić information content (AvgIpc) is 3.17. The number of nitrogens with zero attached hydrogens (tertiary/aromatic N) is 3. The smallest absolute Gasteiger partial charge is 0.254 e. The number of aryl methyl sites for hydroxylation is 1. The fourth-order valence-electron chi connectivity index (χ4n) is 2.91. The lowest BCUT2D eigenvalue weighted by Gasteiger charge is -2.32. The molecular formula is C18H23N3O4S. The summed E-state index contributed by atoms with van der Waals surface area (Å²) in [4.78, 5) is 14.7. The number of hydrogen-bond acceptors (Lipinski definition) is 5. The number of carbonyl (C=O) groups excluding carboxylic acids is 1. The quantitative estimate of drug-likeness (QED) is 0.795. The largest absolute Gasteiger partial charge is 0.370 e. The summed E-state index contributed by atoms with van der Waals surface area (Å²) in [6.07, 6.45) is 3.50. The minimum absolute atomic E-state index is 0.0386. The van der Waals surface area contributed by atoms with E-state index in [1.807, 2.05) is 17.8 Å². The lowest BCUT2D eigenvalue weighted by atomic mass is 10.1. The molecule has 0 bridgehead atoms. The maximum absolute atomic E-state index is 12.8. The fourth-order valence-corrected chi connectivity index (χ4v) is 3.79. The van der Waals surface area contributed by atoms with Gasteiger partial charge in [-0.15, -0.1) is 0 Å². The van der Waals surface area contributed by atoms with E-state index < -0.39 is 9.84 Å². The summed E-state index contributed by atoms with van der Waals surface area (Å²) in [6.45, 7) is 5.80. The van der Waals surface area contributed by atoms with Crippen molar-refractivity contribution in [2.45, 2.75) is 31.4 Å². The van der Waals surface area contributed by atoms with Gasteiger partial charge in [-0.1, -0.05) is 6.92 Å². The van der Waals surface area contributed by atoms with Crippen LogP contribution in [0.2, 0.25) is 0 Å². The summed E-state index contributed by atoms with van der Waals surface area (Å²) in [5, 5.41) is 4.26. The van der Waals surface area contributed by atoms with Crippen LogP contribution in [0.4, 0.5) is 0 Å². The van der Waals surface area contributed by atoms with Gasteiger partial charge < -0.3 is 9.64 Å². The molecule has 1 atom stereocenters. The van der Waals surface area contributed by atoms with Crippen LogP contribution < -0.4 is 0 Å². The summed E-state index contributed by atoms with van der Waals surface area (Å²) in [5.74, 6) is -0.0849. The highest BCUT2D eigenvalue weighted by atomic mass is 32.2. The first-order valence-electron chi connectivity index (χ1n) is 8.70. The van der Waals surface area contributed by atoms with E-state index in [1.165, 1.54) is 12.1 Å². The molecule has 0 saturated carbocycles. The van der Waals surface area contributed by atoms with Crippen molar-refractivity contribution < 1.29 is 17.9 Å². The molecule has 0 aliphatic carbocycles. The first-order valence-corrected chi connectivity index (χ1v) is 10.4. The summed E-state index contributed by atoms with van der Waals surface area (Å²) < 4.78 is 31.4. The van der Waals surface area contributed by atoms with Crippen molar-refractivity contribution in [3.63, 3.8) is 0 Å². The zero-order chi connectivity index (χ0) is 18.7. The van der Waals surface area contributed by atoms with Crippen LogP contribution in [0.15, 0.2) is 41.6 Å². The predicted molar refractivity (Wildman–Crippen MR) is 96.7 cm³/mol. The van der Waals surface area contributed by atoms with Gasteiger partial charge in [0.25, 0.3) is 5.91 Å². The maximum Gasteiger partial charge on any atom is 0.254 e. The molecule has 1 saturated heterocycles. The minimum Gasteiger partial charge on any atom is -0.370 e. The summed E-state index contributed by atoms with van der Waals surface area (Å²) in [5.41, 5.74) is 1.43. The second-order valence-corrected chi connectivity index (χ2v) is 8.45. The van der Waals surface area contributed by atoms with Crippen molar-refractivity contribution in [2.24, 2.45) is 0 Å². The van der Waals surface area contributed by atoms with Crippen molar-refractivity contribution in [3.05, 3.63) is 47.8 Å². The highest BCUT2D eigenvalue weighted by Crippen LogP contribution is 2.23. The van der Waals surface area contributed by atoms with E-state index in [2.05, 4.69) is 5.10 Å². The van der Waals surface area contributed by atoms with Crippen LogP contribution in [-0.2, 0) is 21.1 Å². The van der Waals surface area contributed by atoms with Crippen LogP contribution in [0.1, 0.15) is 35.9 Å². The number of carbonyl (C=O) groups is 1. The van der Waals surface area contributed by atoms with Crippen molar-refractivity contribution >= 4 is 15.7 Å². The molecule has 0 N–H and O–H groups in total. The van der Waals surface area contributed by atoms with Gasteiger partial charge >= 0.3 is 0 Å². The summed E-state index contributed by atoms with van der Waals surface area (Å²) >= 11 is 0. The Kier molecular flexibility index (Phi) is 5.43. The molecule has 1 aliphatic heterocycles. The lowest BCUT2D eigenvalue weighted by Crippen LogP contribution is -2.42. The van der Waals surface area contributed by atoms with Gasteiger partial charge in [-0.25, -0.2) is 8.42 Å². The first kappa shape index (κ1) is 18.6. The number of ether oxygens (including phenoxy) is 1. The second kappa shape index (κ2) is 7.59. The van der Waals surface area contributed by atoms with E-state index in [1.54, 1.807) is 30.2 Å². The van der Waals surface area contributed by atoms with E-state index in [-0.39, 0.29) is 22.7 Å². The number of morpholine rings is 1. The molecule has 1 aromatic heterocycles. The van der Waals surface area contributed by atoms with Gasteiger partial charge in [0.1, 0.15) is 6.10 Å². The number of sulfone groups is 1. The van der Waals surface area contributed by atoms with Crippen molar-refractivity contribution in [1.82, 2.24) is 14.7 Å². The molecule has 140 valence electrons. The molecule has 1 aliphatic rings. The Morgan fingerprint density at radius 2 is 2.00 bits per heavy atom. The van der Waals surface area contributed by atoms with Gasteiger partial charge in [-0.2, -0.15) is 5.10 Å². The summed E-state index contributed by atoms with van der Waals surface area (Å²) in [7, 11) is -3.26. The van der Waals surface area contributed by atoms with E-state index in [0.29, 0.717) is 25.3 Å². The van der Waals surface area contributed by atoms with Crippen LogP contribution in [0.25, 0.3) is 0 Å². The zero-order valence-corrected chi connectivity index (χ0v) is 15.8. The van der Waals surface area contributed by atoms with Gasteiger partial charge in [-0.3, -0.25) is 9.48 Å². The SMILES string of the molecule is CCn1cc(C2CN(C(=O)c3ccc(S(=O)(=O)CC)cc3)CCO2)cn1. The zero-order valence-electron chi connectivity index (χ0n) is 15.0. The van der Waals surface area contributed by atoms with Crippen molar-refractivity contribution in [3.8, 4) is 0 Å². The predicted octanol–water partition coefficient (Wildman–Crippen LogP) is 1.91. The second-order valence-electron chi connectivity index (χ2n) is 6.17. The molecular weight excluding hydrogens is 354 g/mol. The van der Waals surface area contributed by atoms with E-state index in [0.717, 1.165) is 12.1 Å². The third-order valence-electron chi connectivity index (χ3n) is 4.54. The Labute approximate surface area is 153 Å². The number of hydrogen-bond donors (Lipinski definition) is 0. The van der Waals surface area contributed by atoms with E-state index in [9.17, 15) is 13.2 Å². The molecule has 8 heteroatoms. The van der Waals surface area contributed by atoms with Crippen LogP contribution in [0.5, 0.6) is 0 Å². The molecule has 1 unspecified atom stereocenters. The van der Waals surface area contributed by atoms with Gasteiger partial charge in [0.2, 0.25) is 0 Å². The Balaban J connectivity index is 1.73. The van der Waals surface area contributed by atoms with Crippen LogP contribution >= 0.6 is 0 Å². The van der Waals surface area contributed by atoms with Crippen molar-refractivity contribution in [1.29, 1.82) is 0 Å². The Hall–Kier alpha value is -2.19. The standard InChI is InChI=1S/C18H23N3O4S/c1-3-21-12-15(11-19-21)17-13-20(9-10-25-17)18(22)14-5-7-16(8-6-14)26(23,24)4-2/h5-8,11-12,17H,3-4,9-10,13H2,1-2H3. The first-order chi connectivity index (χ1) is 12.4. The normalized spacial score (nSPS) is 18.1. The third-order valence-corrected chi connectivity index (χ3v) is 6.29. The number of amides is 1. The van der Waals surface area contributed by atoms with Gasteiger partial charge in [-0.05, 0) is 31.2 Å². The highest BCUT2D eigenvalue weighted by Gasteiger charge is 2.27.